The summed E-state index contributed by atoms with van der Waals surface area (Å²) in [5.41, 5.74) is 3.46. The van der Waals surface area contributed by atoms with Crippen LogP contribution in [0.4, 0.5) is 18.9 Å². The molecule has 1 aromatic rings. The van der Waals surface area contributed by atoms with Crippen molar-refractivity contribution in [3.05, 3.63) is 28.8 Å². The molecule has 0 spiro atoms. The highest BCUT2D eigenvalue weighted by molar-refractivity contribution is 7.86. The fourth-order valence-electron chi connectivity index (χ4n) is 1.01. The van der Waals surface area contributed by atoms with Gasteiger partial charge in [0.1, 0.15) is 5.69 Å². The first kappa shape index (κ1) is 16.9. The number of benzene rings is 1. The lowest BCUT2D eigenvalue weighted by atomic mass is 10.0. The maximum absolute atomic E-state index is 10.7. The minimum Gasteiger partial charge on any atom is -0.741 e. The maximum Gasteiger partial charge on any atom is 0.485 e. The zero-order valence-electron chi connectivity index (χ0n) is 10.1. The molecule has 0 bridgehead atoms. The number of aryl methyl sites for hydroxylation is 1. The molecular weight excluding hydrogens is 271 g/mol. The molecule has 0 saturated carbocycles. The highest BCUT2D eigenvalue weighted by atomic mass is 32.2. The minimum absolute atomic E-state index is 1.14. The molecule has 0 radical (unpaired) electrons. The predicted molar refractivity (Wildman–Crippen MR) is 59.0 cm³/mol. The van der Waals surface area contributed by atoms with E-state index in [9.17, 15) is 13.2 Å². The number of quaternary nitrogens is 1. The van der Waals surface area contributed by atoms with Crippen LogP contribution in [0.25, 0.3) is 0 Å². The zero-order chi connectivity index (χ0) is 14.7. The van der Waals surface area contributed by atoms with Crippen molar-refractivity contribution in [3.8, 4) is 0 Å². The van der Waals surface area contributed by atoms with E-state index in [1.807, 2.05) is 0 Å². The third-order valence-electron chi connectivity index (χ3n) is 2.45. The predicted octanol–water partition coefficient (Wildman–Crippen LogP) is 1.54. The van der Waals surface area contributed by atoms with E-state index in [1.54, 1.807) is 0 Å². The van der Waals surface area contributed by atoms with Gasteiger partial charge in [0.25, 0.3) is 0 Å². The molecule has 0 fully saturated rings. The molecular formula is C10H14F3NO3S. The second-order valence-electron chi connectivity index (χ2n) is 3.69. The number of halogens is 3. The number of hydrogen-bond acceptors (Lipinski definition) is 3. The quantitative estimate of drug-likeness (QED) is 0.579. The molecule has 0 aliphatic heterocycles. The van der Waals surface area contributed by atoms with Gasteiger partial charge in [-0.05, 0) is 38.0 Å². The zero-order valence-corrected chi connectivity index (χ0v) is 10.9. The number of alkyl halides is 3. The molecule has 0 heterocycles. The Morgan fingerprint density at radius 2 is 1.50 bits per heavy atom. The molecule has 104 valence electrons. The van der Waals surface area contributed by atoms with E-state index >= 15 is 0 Å². The van der Waals surface area contributed by atoms with Gasteiger partial charge in [0, 0.05) is 5.56 Å². The van der Waals surface area contributed by atoms with Gasteiger partial charge in [0.2, 0.25) is 0 Å². The summed E-state index contributed by atoms with van der Waals surface area (Å²) in [5.74, 6) is 0. The van der Waals surface area contributed by atoms with Crippen LogP contribution in [0.15, 0.2) is 12.1 Å². The molecule has 18 heavy (non-hydrogen) atoms. The summed E-state index contributed by atoms with van der Waals surface area (Å²) in [5, 5.41) is 0. The van der Waals surface area contributed by atoms with E-state index in [-0.39, 0.29) is 0 Å². The molecule has 8 heteroatoms. The summed E-state index contributed by atoms with van der Waals surface area (Å²) >= 11 is 0. The van der Waals surface area contributed by atoms with Crippen molar-refractivity contribution in [3.63, 3.8) is 0 Å². The van der Waals surface area contributed by atoms with Gasteiger partial charge in [0.15, 0.2) is 10.1 Å². The molecule has 0 aliphatic rings. The van der Waals surface area contributed by atoms with Crippen LogP contribution in [-0.2, 0) is 10.1 Å². The Bertz CT molecular complexity index is 497. The Morgan fingerprint density at radius 1 is 1.11 bits per heavy atom. The minimum atomic E-state index is -6.09. The lowest BCUT2D eigenvalue weighted by Gasteiger charge is -2.08. The van der Waals surface area contributed by atoms with Crippen LogP contribution in [0.5, 0.6) is 0 Å². The van der Waals surface area contributed by atoms with E-state index in [2.05, 4.69) is 38.6 Å². The molecule has 4 nitrogen and oxygen atoms in total. The van der Waals surface area contributed by atoms with Gasteiger partial charge >= 0.3 is 5.51 Å². The third kappa shape index (κ3) is 4.63. The van der Waals surface area contributed by atoms with Crippen LogP contribution in [0.2, 0.25) is 0 Å². The van der Waals surface area contributed by atoms with Gasteiger partial charge in [-0.15, -0.1) is 0 Å². The SMILES string of the molecule is Cc1ccc([NH3+])c(C)c1C.O=S(=O)([O-])C(F)(F)F. The Balaban J connectivity index is 0.000000331. The first-order chi connectivity index (χ1) is 7.88. The average molecular weight is 285 g/mol. The fourth-order valence-corrected chi connectivity index (χ4v) is 1.01. The summed E-state index contributed by atoms with van der Waals surface area (Å²) in [6.45, 7) is 6.38. The molecule has 0 aliphatic carbocycles. The molecule has 0 saturated heterocycles. The largest absolute Gasteiger partial charge is 0.741 e. The topological polar surface area (TPSA) is 84.8 Å². The van der Waals surface area contributed by atoms with Crippen LogP contribution in [0.3, 0.4) is 0 Å². The Kier molecular flexibility index (Phi) is 5.33. The second kappa shape index (κ2) is 5.68. The van der Waals surface area contributed by atoms with Gasteiger partial charge in [-0.2, -0.15) is 13.2 Å². The van der Waals surface area contributed by atoms with E-state index in [0.29, 0.717) is 0 Å². The van der Waals surface area contributed by atoms with Crippen LogP contribution >= 0.6 is 0 Å². The second-order valence-corrected chi connectivity index (χ2v) is 5.06. The molecule has 0 atom stereocenters. The first-order valence-electron chi connectivity index (χ1n) is 4.79. The molecule has 0 amide bonds. The molecule has 3 N–H and O–H groups in total. The van der Waals surface area contributed by atoms with E-state index < -0.39 is 15.6 Å². The molecule has 1 rings (SSSR count). The standard InChI is InChI=1S/C9H13N.CHF3O3S/c1-6-4-5-9(10)8(3)7(6)2;2-1(3,4)8(5,6)7/h4-5H,10H2,1-3H3;(H,5,6,7). The Labute approximate surface area is 103 Å². The van der Waals surface area contributed by atoms with Gasteiger partial charge < -0.3 is 10.3 Å². The Morgan fingerprint density at radius 3 is 1.78 bits per heavy atom. The van der Waals surface area contributed by atoms with Gasteiger partial charge in [-0.1, -0.05) is 6.07 Å². The normalized spacial score (nSPS) is 11.8. The summed E-state index contributed by atoms with van der Waals surface area (Å²) in [7, 11) is -6.09. The summed E-state index contributed by atoms with van der Waals surface area (Å²) in [4.78, 5) is 0. The van der Waals surface area contributed by atoms with Gasteiger partial charge in [-0.25, -0.2) is 8.42 Å². The average Bonchev–Trinajstić information content (AvgIpc) is 2.19. The van der Waals surface area contributed by atoms with Gasteiger partial charge in [-0.3, -0.25) is 0 Å². The highest BCUT2D eigenvalue weighted by Gasteiger charge is 2.36. The van der Waals surface area contributed by atoms with Crippen LogP contribution in [0, 0.1) is 20.8 Å². The monoisotopic (exact) mass is 285 g/mol. The van der Waals surface area contributed by atoms with Gasteiger partial charge in [0.05, 0.1) is 0 Å². The third-order valence-corrected chi connectivity index (χ3v) is 3.02. The first-order valence-corrected chi connectivity index (χ1v) is 6.19. The molecule has 0 aromatic heterocycles. The summed E-state index contributed by atoms with van der Waals surface area (Å²) in [6, 6.07) is 4.18. The Hall–Kier alpha value is -1.12. The number of hydrogen-bond donors (Lipinski definition) is 1. The highest BCUT2D eigenvalue weighted by Crippen LogP contribution is 2.20. The maximum atomic E-state index is 10.7. The summed E-state index contributed by atoms with van der Waals surface area (Å²) in [6.07, 6.45) is 0. The van der Waals surface area contributed by atoms with Crippen LogP contribution in [0.1, 0.15) is 16.7 Å². The van der Waals surface area contributed by atoms with Crippen molar-refractivity contribution in [2.45, 2.75) is 26.3 Å². The van der Waals surface area contributed by atoms with E-state index in [1.165, 1.54) is 16.7 Å². The van der Waals surface area contributed by atoms with Crippen molar-refractivity contribution in [1.29, 1.82) is 0 Å². The molecule has 0 unspecified atom stereocenters. The van der Waals surface area contributed by atoms with Crippen LogP contribution in [-0.4, -0.2) is 18.5 Å². The van der Waals surface area contributed by atoms with Crippen molar-refractivity contribution in [2.75, 3.05) is 0 Å². The van der Waals surface area contributed by atoms with Crippen molar-refractivity contribution in [2.24, 2.45) is 0 Å². The molecule has 1 aromatic carbocycles. The lowest BCUT2D eigenvalue weighted by molar-refractivity contribution is -0.255. The summed E-state index contributed by atoms with van der Waals surface area (Å²) < 4.78 is 58.9. The van der Waals surface area contributed by atoms with Crippen molar-refractivity contribution in [1.82, 2.24) is 0 Å². The van der Waals surface area contributed by atoms with Crippen molar-refractivity contribution >= 4 is 15.8 Å². The fraction of sp³-hybridized carbons (Fsp3) is 0.400. The van der Waals surface area contributed by atoms with E-state index in [4.69, 9.17) is 13.0 Å². The van der Waals surface area contributed by atoms with Crippen molar-refractivity contribution < 1.29 is 31.9 Å². The smallest absolute Gasteiger partial charge is 0.485 e. The van der Waals surface area contributed by atoms with Crippen LogP contribution < -0.4 is 5.73 Å². The number of rotatable bonds is 0. The van der Waals surface area contributed by atoms with E-state index in [0.717, 1.165) is 5.69 Å². The lowest BCUT2D eigenvalue weighted by Crippen LogP contribution is -2.41.